The highest BCUT2D eigenvalue weighted by Gasteiger charge is 2.47. The smallest absolute Gasteiger partial charge is 0.104 e. The fourth-order valence-corrected chi connectivity index (χ4v) is 1.87. The first-order valence-corrected chi connectivity index (χ1v) is 4.60. The van der Waals surface area contributed by atoms with Crippen molar-refractivity contribution in [2.24, 2.45) is 0 Å². The van der Waals surface area contributed by atoms with Crippen molar-refractivity contribution in [3.63, 3.8) is 0 Å². The topological polar surface area (TPSA) is 15.8 Å². The summed E-state index contributed by atoms with van der Waals surface area (Å²) in [5.74, 6) is 0. The second-order valence-corrected chi connectivity index (χ2v) is 4.02. The van der Waals surface area contributed by atoms with Crippen LogP contribution in [0.4, 0.5) is 0 Å². The number of hydrogen-bond acceptors (Lipinski definition) is 2. The normalized spacial score (nSPS) is 40.9. The Balaban J connectivity index is 1.93. The van der Waals surface area contributed by atoms with Crippen LogP contribution in [0.1, 0.15) is 26.7 Å². The maximum atomic E-state index is 5.43. The second kappa shape index (κ2) is 2.46. The monoisotopic (exact) mass is 155 g/mol. The average Bonchev–Trinajstić information content (AvgIpc) is 2.54. The van der Waals surface area contributed by atoms with E-state index in [2.05, 4.69) is 18.7 Å². The fourth-order valence-electron chi connectivity index (χ4n) is 1.87. The van der Waals surface area contributed by atoms with Crippen molar-refractivity contribution in [3.05, 3.63) is 0 Å². The van der Waals surface area contributed by atoms with Crippen molar-refractivity contribution in [2.75, 3.05) is 19.7 Å². The predicted octanol–water partition coefficient (Wildman–Crippen LogP) is 1.26. The lowest BCUT2D eigenvalue weighted by molar-refractivity contribution is 0.154. The van der Waals surface area contributed by atoms with Crippen LogP contribution in [0.25, 0.3) is 0 Å². The molecule has 64 valence electrons. The Labute approximate surface area is 68.5 Å². The van der Waals surface area contributed by atoms with Crippen LogP contribution in [0.5, 0.6) is 0 Å². The van der Waals surface area contributed by atoms with Gasteiger partial charge in [-0.3, -0.25) is 4.90 Å². The number of ether oxygens (including phenoxy) is 1. The van der Waals surface area contributed by atoms with Crippen LogP contribution >= 0.6 is 0 Å². The molecule has 2 rings (SSSR count). The molecule has 0 amide bonds. The summed E-state index contributed by atoms with van der Waals surface area (Å²) in [5, 5.41) is 0. The zero-order valence-corrected chi connectivity index (χ0v) is 7.47. The zero-order valence-electron chi connectivity index (χ0n) is 7.47. The van der Waals surface area contributed by atoms with Gasteiger partial charge in [0.1, 0.15) is 5.60 Å². The molecule has 2 nitrogen and oxygen atoms in total. The number of rotatable bonds is 2. The van der Waals surface area contributed by atoms with Gasteiger partial charge in [0.25, 0.3) is 0 Å². The van der Waals surface area contributed by atoms with Gasteiger partial charge in [-0.1, -0.05) is 0 Å². The highest BCUT2D eigenvalue weighted by molar-refractivity contribution is 4.98. The molecule has 2 saturated heterocycles. The van der Waals surface area contributed by atoms with Gasteiger partial charge < -0.3 is 4.74 Å². The summed E-state index contributed by atoms with van der Waals surface area (Å²) < 4.78 is 5.43. The lowest BCUT2D eigenvalue weighted by atomic mass is 10.0. The molecule has 2 fully saturated rings. The first-order valence-electron chi connectivity index (χ1n) is 4.60. The molecular formula is C9H17NO. The summed E-state index contributed by atoms with van der Waals surface area (Å²) in [6, 6.07) is 0.630. The molecule has 0 aromatic rings. The zero-order chi connectivity index (χ0) is 7.90. The van der Waals surface area contributed by atoms with Crippen LogP contribution in [0, 0.1) is 0 Å². The van der Waals surface area contributed by atoms with E-state index in [4.69, 9.17) is 4.74 Å². The van der Waals surface area contributed by atoms with Crippen LogP contribution < -0.4 is 0 Å². The van der Waals surface area contributed by atoms with Gasteiger partial charge in [-0.25, -0.2) is 0 Å². The van der Waals surface area contributed by atoms with Crippen molar-refractivity contribution < 1.29 is 4.74 Å². The Morgan fingerprint density at radius 2 is 1.91 bits per heavy atom. The highest BCUT2D eigenvalue weighted by Crippen LogP contribution is 2.34. The van der Waals surface area contributed by atoms with Crippen molar-refractivity contribution in [1.82, 2.24) is 4.90 Å². The first-order chi connectivity index (χ1) is 5.22. The van der Waals surface area contributed by atoms with Crippen LogP contribution in [0.2, 0.25) is 0 Å². The van der Waals surface area contributed by atoms with E-state index < -0.39 is 0 Å². The minimum atomic E-state index is 0.199. The minimum Gasteiger partial charge on any atom is -0.368 e. The molecule has 0 spiro atoms. The number of nitrogens with zero attached hydrogens (tertiary/aromatic N) is 1. The molecule has 2 atom stereocenters. The SMILES string of the molecule is CC(N1CCCC1)C1(C)CO1. The summed E-state index contributed by atoms with van der Waals surface area (Å²) in [7, 11) is 0. The van der Waals surface area contributed by atoms with Gasteiger partial charge >= 0.3 is 0 Å². The third-order valence-electron chi connectivity index (χ3n) is 3.17. The fraction of sp³-hybridized carbons (Fsp3) is 1.00. The standard InChI is InChI=1S/C9H17NO/c1-8(9(2)7-11-9)10-5-3-4-6-10/h8H,3-7H2,1-2H3. The van der Waals surface area contributed by atoms with E-state index in [9.17, 15) is 0 Å². The van der Waals surface area contributed by atoms with E-state index in [1.165, 1.54) is 25.9 Å². The lowest BCUT2D eigenvalue weighted by Crippen LogP contribution is -2.40. The quantitative estimate of drug-likeness (QED) is 0.558. The predicted molar refractivity (Wildman–Crippen MR) is 44.6 cm³/mol. The number of epoxide rings is 1. The minimum absolute atomic E-state index is 0.199. The summed E-state index contributed by atoms with van der Waals surface area (Å²) in [5.41, 5.74) is 0.199. The Morgan fingerprint density at radius 1 is 1.36 bits per heavy atom. The Bertz CT molecular complexity index is 148. The molecule has 2 aliphatic rings. The van der Waals surface area contributed by atoms with Gasteiger partial charge in [0, 0.05) is 6.04 Å². The van der Waals surface area contributed by atoms with Gasteiger partial charge in [0.2, 0.25) is 0 Å². The van der Waals surface area contributed by atoms with E-state index >= 15 is 0 Å². The molecule has 0 radical (unpaired) electrons. The Hall–Kier alpha value is -0.0800. The third kappa shape index (κ3) is 1.30. The second-order valence-electron chi connectivity index (χ2n) is 4.02. The molecular weight excluding hydrogens is 138 g/mol. The van der Waals surface area contributed by atoms with Gasteiger partial charge in [-0.2, -0.15) is 0 Å². The Kier molecular flexibility index (Phi) is 1.69. The molecule has 0 bridgehead atoms. The van der Waals surface area contributed by atoms with E-state index in [0.29, 0.717) is 6.04 Å². The molecule has 0 aliphatic carbocycles. The van der Waals surface area contributed by atoms with Crippen molar-refractivity contribution in [3.8, 4) is 0 Å². The molecule has 2 heteroatoms. The molecule has 2 heterocycles. The summed E-state index contributed by atoms with van der Waals surface area (Å²) in [4.78, 5) is 2.55. The first kappa shape index (κ1) is 7.56. The molecule has 0 aromatic heterocycles. The van der Waals surface area contributed by atoms with Crippen LogP contribution in [0.3, 0.4) is 0 Å². The largest absolute Gasteiger partial charge is 0.368 e. The molecule has 11 heavy (non-hydrogen) atoms. The van der Waals surface area contributed by atoms with Gasteiger partial charge in [-0.15, -0.1) is 0 Å². The molecule has 0 N–H and O–H groups in total. The van der Waals surface area contributed by atoms with Gasteiger partial charge in [0.05, 0.1) is 6.61 Å². The lowest BCUT2D eigenvalue weighted by Gasteiger charge is -2.26. The number of likely N-dealkylation sites (tertiary alicyclic amines) is 1. The maximum Gasteiger partial charge on any atom is 0.104 e. The van der Waals surface area contributed by atoms with Crippen molar-refractivity contribution in [2.45, 2.75) is 38.3 Å². The van der Waals surface area contributed by atoms with Crippen LogP contribution in [-0.4, -0.2) is 36.2 Å². The Morgan fingerprint density at radius 3 is 2.36 bits per heavy atom. The van der Waals surface area contributed by atoms with Gasteiger partial charge in [-0.05, 0) is 39.8 Å². The summed E-state index contributed by atoms with van der Waals surface area (Å²) in [6.45, 7) is 8.03. The molecule has 0 saturated carbocycles. The van der Waals surface area contributed by atoms with Crippen LogP contribution in [0.15, 0.2) is 0 Å². The molecule has 2 aliphatic heterocycles. The van der Waals surface area contributed by atoms with E-state index in [0.717, 1.165) is 6.61 Å². The van der Waals surface area contributed by atoms with E-state index in [-0.39, 0.29) is 5.60 Å². The third-order valence-corrected chi connectivity index (χ3v) is 3.17. The molecule has 2 unspecified atom stereocenters. The number of hydrogen-bond donors (Lipinski definition) is 0. The average molecular weight is 155 g/mol. The summed E-state index contributed by atoms with van der Waals surface area (Å²) in [6.07, 6.45) is 2.75. The van der Waals surface area contributed by atoms with Crippen molar-refractivity contribution >= 4 is 0 Å². The maximum absolute atomic E-state index is 5.43. The van der Waals surface area contributed by atoms with Crippen molar-refractivity contribution in [1.29, 1.82) is 0 Å². The van der Waals surface area contributed by atoms with Gasteiger partial charge in [0.15, 0.2) is 0 Å². The summed E-state index contributed by atoms with van der Waals surface area (Å²) >= 11 is 0. The van der Waals surface area contributed by atoms with Crippen LogP contribution in [-0.2, 0) is 4.74 Å². The van der Waals surface area contributed by atoms with E-state index in [1.54, 1.807) is 0 Å². The highest BCUT2D eigenvalue weighted by atomic mass is 16.6. The van der Waals surface area contributed by atoms with E-state index in [1.807, 2.05) is 0 Å². The molecule has 0 aromatic carbocycles.